The molecule has 0 saturated heterocycles. The Morgan fingerprint density at radius 1 is 0.950 bits per heavy atom. The third-order valence-electron chi connectivity index (χ3n) is 3.33. The average Bonchev–Trinajstić information content (AvgIpc) is 2.92. The third kappa shape index (κ3) is 1.62. The molecular weight excluding hydrogens is 250 g/mol. The molecular formula is C16H11N3O. The van der Waals surface area contributed by atoms with E-state index < -0.39 is 0 Å². The van der Waals surface area contributed by atoms with Crippen molar-refractivity contribution >= 4 is 16.4 Å². The third-order valence-corrected chi connectivity index (χ3v) is 3.33. The van der Waals surface area contributed by atoms with Crippen LogP contribution < -0.4 is 0 Å². The van der Waals surface area contributed by atoms with Gasteiger partial charge in [0.25, 0.3) is 0 Å². The molecule has 0 saturated carbocycles. The van der Waals surface area contributed by atoms with E-state index in [2.05, 4.69) is 16.1 Å². The molecule has 0 atom stereocenters. The van der Waals surface area contributed by atoms with Gasteiger partial charge in [-0.25, -0.2) is 9.50 Å². The molecule has 0 fully saturated rings. The van der Waals surface area contributed by atoms with Crippen LogP contribution in [0.1, 0.15) is 0 Å². The summed E-state index contributed by atoms with van der Waals surface area (Å²) in [6.45, 7) is 0. The number of phenols is 1. The highest BCUT2D eigenvalue weighted by atomic mass is 16.3. The fourth-order valence-electron chi connectivity index (χ4n) is 2.38. The fourth-order valence-corrected chi connectivity index (χ4v) is 2.38. The van der Waals surface area contributed by atoms with Crippen LogP contribution in [0.3, 0.4) is 0 Å². The predicted octanol–water partition coefficient (Wildman–Crippen LogP) is 3.26. The highest BCUT2D eigenvalue weighted by molar-refractivity contribution is 5.94. The molecule has 0 aliphatic carbocycles. The van der Waals surface area contributed by atoms with Gasteiger partial charge < -0.3 is 5.11 Å². The van der Waals surface area contributed by atoms with Crippen molar-refractivity contribution in [1.82, 2.24) is 14.6 Å². The monoisotopic (exact) mass is 261 g/mol. The summed E-state index contributed by atoms with van der Waals surface area (Å²) in [5, 5.41) is 16.2. The lowest BCUT2D eigenvalue weighted by atomic mass is 10.2. The normalized spacial score (nSPS) is 11.2. The number of phenolic OH excluding ortho intramolecular Hbond substituents is 1. The van der Waals surface area contributed by atoms with Gasteiger partial charge in [0.1, 0.15) is 5.75 Å². The number of aromatic hydroxyl groups is 1. The second-order valence-corrected chi connectivity index (χ2v) is 4.66. The first-order chi connectivity index (χ1) is 9.81. The maximum Gasteiger partial charge on any atom is 0.182 e. The molecule has 4 heteroatoms. The molecule has 1 N–H and O–H groups in total. The summed E-state index contributed by atoms with van der Waals surface area (Å²) in [5.41, 5.74) is 1.62. The van der Waals surface area contributed by atoms with Crippen LogP contribution in [0.2, 0.25) is 0 Å². The van der Waals surface area contributed by atoms with Gasteiger partial charge in [-0.1, -0.05) is 36.4 Å². The van der Waals surface area contributed by atoms with Crippen molar-refractivity contribution < 1.29 is 5.11 Å². The number of pyridine rings is 1. The molecule has 0 unspecified atom stereocenters. The second-order valence-electron chi connectivity index (χ2n) is 4.66. The molecule has 0 spiro atoms. The van der Waals surface area contributed by atoms with E-state index in [0.717, 1.165) is 22.0 Å². The van der Waals surface area contributed by atoms with Crippen LogP contribution in [0.5, 0.6) is 5.75 Å². The fraction of sp³-hybridized carbons (Fsp3) is 0. The molecule has 4 nitrogen and oxygen atoms in total. The Balaban J connectivity index is 2.01. The first kappa shape index (κ1) is 11.0. The summed E-state index contributed by atoms with van der Waals surface area (Å²) in [6.07, 6.45) is 1.90. The Bertz CT molecular complexity index is 927. The Hall–Kier alpha value is -2.88. The van der Waals surface area contributed by atoms with E-state index in [0.29, 0.717) is 5.82 Å². The van der Waals surface area contributed by atoms with Gasteiger partial charge in [-0.3, -0.25) is 0 Å². The predicted molar refractivity (Wildman–Crippen MR) is 77.6 cm³/mol. The summed E-state index contributed by atoms with van der Waals surface area (Å²) >= 11 is 0. The number of fused-ring (bicyclic) bond motifs is 3. The van der Waals surface area contributed by atoms with E-state index in [1.54, 1.807) is 22.7 Å². The number of rotatable bonds is 1. The standard InChI is InChI=1S/C16H11N3O/c20-13-6-3-5-12(10-13)15-17-16-14-7-2-1-4-11(14)8-9-19(16)18-15/h1-10,20H. The average molecular weight is 261 g/mol. The summed E-state index contributed by atoms with van der Waals surface area (Å²) in [4.78, 5) is 4.59. The van der Waals surface area contributed by atoms with Crippen molar-refractivity contribution in [1.29, 1.82) is 0 Å². The number of hydrogen-bond acceptors (Lipinski definition) is 3. The minimum absolute atomic E-state index is 0.214. The molecule has 0 aliphatic rings. The van der Waals surface area contributed by atoms with E-state index in [9.17, 15) is 5.11 Å². The molecule has 4 aromatic rings. The van der Waals surface area contributed by atoms with E-state index in [1.165, 1.54) is 0 Å². The van der Waals surface area contributed by atoms with Crippen molar-refractivity contribution in [3.63, 3.8) is 0 Å². The second kappa shape index (κ2) is 4.06. The van der Waals surface area contributed by atoms with Crippen molar-refractivity contribution in [3.8, 4) is 17.1 Å². The number of aromatic nitrogens is 3. The lowest BCUT2D eigenvalue weighted by Crippen LogP contribution is -1.87. The minimum atomic E-state index is 0.214. The Kier molecular flexibility index (Phi) is 2.23. The van der Waals surface area contributed by atoms with Crippen molar-refractivity contribution in [2.45, 2.75) is 0 Å². The van der Waals surface area contributed by atoms with Crippen LogP contribution in [-0.2, 0) is 0 Å². The highest BCUT2D eigenvalue weighted by Crippen LogP contribution is 2.23. The number of nitrogens with zero attached hydrogens (tertiary/aromatic N) is 3. The summed E-state index contributed by atoms with van der Waals surface area (Å²) < 4.78 is 1.77. The first-order valence-corrected chi connectivity index (χ1v) is 6.35. The van der Waals surface area contributed by atoms with E-state index in [4.69, 9.17) is 0 Å². The molecule has 0 aliphatic heterocycles. The van der Waals surface area contributed by atoms with Crippen LogP contribution in [-0.4, -0.2) is 19.7 Å². The Labute approximate surface area is 114 Å². The number of hydrogen-bond donors (Lipinski definition) is 1. The maximum atomic E-state index is 9.56. The van der Waals surface area contributed by atoms with Crippen LogP contribution in [0, 0.1) is 0 Å². The van der Waals surface area contributed by atoms with Gasteiger partial charge in [0.15, 0.2) is 11.5 Å². The van der Waals surface area contributed by atoms with Crippen molar-refractivity contribution in [3.05, 3.63) is 60.8 Å². The maximum absolute atomic E-state index is 9.56. The van der Waals surface area contributed by atoms with Gasteiger partial charge in [0.2, 0.25) is 0 Å². The van der Waals surface area contributed by atoms with Gasteiger partial charge >= 0.3 is 0 Å². The van der Waals surface area contributed by atoms with Crippen molar-refractivity contribution in [2.24, 2.45) is 0 Å². The zero-order chi connectivity index (χ0) is 13.5. The quantitative estimate of drug-likeness (QED) is 0.572. The molecule has 96 valence electrons. The molecule has 2 aromatic heterocycles. The van der Waals surface area contributed by atoms with Gasteiger partial charge in [0, 0.05) is 17.1 Å². The van der Waals surface area contributed by atoms with E-state index in [1.807, 2.05) is 36.5 Å². The van der Waals surface area contributed by atoms with Crippen LogP contribution in [0.15, 0.2) is 60.8 Å². The van der Waals surface area contributed by atoms with Crippen molar-refractivity contribution in [2.75, 3.05) is 0 Å². The Morgan fingerprint density at radius 2 is 1.85 bits per heavy atom. The highest BCUT2D eigenvalue weighted by Gasteiger charge is 2.09. The van der Waals surface area contributed by atoms with Crippen LogP contribution in [0.4, 0.5) is 0 Å². The minimum Gasteiger partial charge on any atom is -0.508 e. The zero-order valence-electron chi connectivity index (χ0n) is 10.6. The van der Waals surface area contributed by atoms with Gasteiger partial charge in [-0.05, 0) is 23.6 Å². The van der Waals surface area contributed by atoms with E-state index >= 15 is 0 Å². The molecule has 2 aromatic carbocycles. The summed E-state index contributed by atoms with van der Waals surface area (Å²) in [5.74, 6) is 0.823. The lowest BCUT2D eigenvalue weighted by molar-refractivity contribution is 0.475. The first-order valence-electron chi connectivity index (χ1n) is 6.35. The van der Waals surface area contributed by atoms with Crippen LogP contribution >= 0.6 is 0 Å². The molecule has 20 heavy (non-hydrogen) atoms. The largest absolute Gasteiger partial charge is 0.508 e. The summed E-state index contributed by atoms with van der Waals surface area (Å²) in [7, 11) is 0. The smallest absolute Gasteiger partial charge is 0.182 e. The molecule has 4 rings (SSSR count). The summed E-state index contributed by atoms with van der Waals surface area (Å²) in [6, 6.07) is 17.1. The molecule has 0 amide bonds. The lowest BCUT2D eigenvalue weighted by Gasteiger charge is -1.97. The molecule has 2 heterocycles. The van der Waals surface area contributed by atoms with Crippen LogP contribution in [0.25, 0.3) is 27.8 Å². The van der Waals surface area contributed by atoms with Gasteiger partial charge in [-0.2, -0.15) is 0 Å². The Morgan fingerprint density at radius 3 is 2.75 bits per heavy atom. The SMILES string of the molecule is Oc1cccc(-c2nc3c4ccccc4ccn3n2)c1. The zero-order valence-corrected chi connectivity index (χ0v) is 10.6. The van der Waals surface area contributed by atoms with E-state index in [-0.39, 0.29) is 5.75 Å². The molecule has 0 bridgehead atoms. The van der Waals surface area contributed by atoms with Gasteiger partial charge in [0.05, 0.1) is 0 Å². The topological polar surface area (TPSA) is 50.4 Å². The molecule has 0 radical (unpaired) electrons. The number of benzene rings is 2. The van der Waals surface area contributed by atoms with Gasteiger partial charge in [-0.15, -0.1) is 5.10 Å².